The van der Waals surface area contributed by atoms with E-state index in [4.69, 9.17) is 0 Å². The highest BCUT2D eigenvalue weighted by molar-refractivity contribution is 6.04. The maximum atomic E-state index is 13.1. The molecule has 0 bridgehead atoms. The summed E-state index contributed by atoms with van der Waals surface area (Å²) >= 11 is 0. The van der Waals surface area contributed by atoms with E-state index in [1.54, 1.807) is 0 Å². The molecule has 24 heavy (non-hydrogen) atoms. The van der Waals surface area contributed by atoms with Crippen molar-refractivity contribution in [3.05, 3.63) is 36.0 Å². The van der Waals surface area contributed by atoms with E-state index in [0.29, 0.717) is 24.3 Å². The third-order valence-corrected chi connectivity index (χ3v) is 5.54. The Morgan fingerprint density at radius 2 is 1.83 bits per heavy atom. The molecule has 2 heteroatoms. The highest BCUT2D eigenvalue weighted by atomic mass is 16.3. The number of hydrogen-bond donors (Lipinski definition) is 1. The van der Waals surface area contributed by atoms with Crippen LogP contribution in [0.3, 0.4) is 0 Å². The Labute approximate surface area is 147 Å². The van der Waals surface area contributed by atoms with Crippen LogP contribution in [0.1, 0.15) is 73.1 Å². The molecule has 2 aliphatic carbocycles. The van der Waals surface area contributed by atoms with E-state index >= 15 is 0 Å². The molecule has 2 nitrogen and oxygen atoms in total. The second-order valence-electron chi connectivity index (χ2n) is 9.26. The minimum absolute atomic E-state index is 0.0932. The SMILES string of the molecule is CC(C)CC1(C)CCCC(O)(C(=O)C2=CC(C)(C)C=CC=C2)CC1. The van der Waals surface area contributed by atoms with Crippen molar-refractivity contribution in [2.24, 2.45) is 16.7 Å². The molecule has 0 radical (unpaired) electrons. The second kappa shape index (κ2) is 7.00. The van der Waals surface area contributed by atoms with E-state index in [2.05, 4.69) is 40.7 Å². The summed E-state index contributed by atoms with van der Waals surface area (Å²) in [5.74, 6) is 0.556. The average molecular weight is 331 g/mol. The normalized spacial score (nSPS) is 33.0. The van der Waals surface area contributed by atoms with E-state index in [9.17, 15) is 9.90 Å². The van der Waals surface area contributed by atoms with E-state index < -0.39 is 5.60 Å². The van der Waals surface area contributed by atoms with Gasteiger partial charge >= 0.3 is 0 Å². The zero-order chi connectivity index (χ0) is 18.0. The minimum Gasteiger partial charge on any atom is -0.382 e. The van der Waals surface area contributed by atoms with Crippen LogP contribution < -0.4 is 0 Å². The summed E-state index contributed by atoms with van der Waals surface area (Å²) in [6.45, 7) is 11.0. The molecule has 2 aliphatic rings. The number of allylic oxidation sites excluding steroid dienone is 5. The van der Waals surface area contributed by atoms with Gasteiger partial charge in [-0.1, -0.05) is 65.0 Å². The molecule has 2 rings (SSSR count). The summed E-state index contributed by atoms with van der Waals surface area (Å²) in [7, 11) is 0. The van der Waals surface area contributed by atoms with Crippen LogP contribution >= 0.6 is 0 Å². The molecule has 0 amide bonds. The Hall–Kier alpha value is -1.15. The highest BCUT2D eigenvalue weighted by Gasteiger charge is 2.42. The predicted octanol–water partition coefficient (Wildman–Crippen LogP) is 5.38. The molecule has 0 heterocycles. The number of carbonyl (C=O) groups is 1. The highest BCUT2D eigenvalue weighted by Crippen LogP contribution is 2.43. The van der Waals surface area contributed by atoms with Crippen molar-refractivity contribution >= 4 is 5.78 Å². The first-order valence-electron chi connectivity index (χ1n) is 9.41. The number of hydrogen-bond acceptors (Lipinski definition) is 2. The monoisotopic (exact) mass is 330 g/mol. The number of Topliss-reactive ketones (excluding diaryl/α,β-unsaturated/α-hetero) is 1. The van der Waals surface area contributed by atoms with Crippen molar-refractivity contribution in [1.29, 1.82) is 0 Å². The van der Waals surface area contributed by atoms with Gasteiger partial charge < -0.3 is 5.11 Å². The van der Waals surface area contributed by atoms with Crippen LogP contribution in [-0.4, -0.2) is 16.5 Å². The van der Waals surface area contributed by atoms with Gasteiger partial charge in [-0.25, -0.2) is 0 Å². The van der Waals surface area contributed by atoms with Crippen molar-refractivity contribution in [1.82, 2.24) is 0 Å². The lowest BCUT2D eigenvalue weighted by Gasteiger charge is -2.31. The summed E-state index contributed by atoms with van der Waals surface area (Å²) in [5, 5.41) is 11.2. The standard InChI is InChI=1S/C22H34O2/c1-17(2)15-21(5)11-8-12-22(24,14-13-21)19(23)18-9-6-7-10-20(3,4)16-18/h6-7,9-10,16-17,24H,8,11-15H2,1-5H3. The third kappa shape index (κ3) is 4.69. The quantitative estimate of drug-likeness (QED) is 0.702. The van der Waals surface area contributed by atoms with Crippen molar-refractivity contribution in [2.45, 2.75) is 78.7 Å². The zero-order valence-corrected chi connectivity index (χ0v) is 16.1. The van der Waals surface area contributed by atoms with Gasteiger partial charge in [0.25, 0.3) is 0 Å². The van der Waals surface area contributed by atoms with Crippen molar-refractivity contribution in [3.8, 4) is 0 Å². The van der Waals surface area contributed by atoms with Crippen LogP contribution in [0.4, 0.5) is 0 Å². The molecule has 134 valence electrons. The lowest BCUT2D eigenvalue weighted by Crippen LogP contribution is -2.39. The molecule has 0 saturated heterocycles. The summed E-state index contributed by atoms with van der Waals surface area (Å²) < 4.78 is 0. The van der Waals surface area contributed by atoms with Gasteiger partial charge in [-0.15, -0.1) is 0 Å². The molecule has 0 aliphatic heterocycles. The zero-order valence-electron chi connectivity index (χ0n) is 16.1. The van der Waals surface area contributed by atoms with Gasteiger partial charge in [0.15, 0.2) is 5.78 Å². The van der Waals surface area contributed by atoms with Gasteiger partial charge in [-0.2, -0.15) is 0 Å². The Morgan fingerprint density at radius 1 is 1.12 bits per heavy atom. The first-order valence-corrected chi connectivity index (χ1v) is 9.41. The molecule has 1 saturated carbocycles. The average Bonchev–Trinajstić information content (AvgIpc) is 2.72. The van der Waals surface area contributed by atoms with Crippen LogP contribution in [0, 0.1) is 16.7 Å². The van der Waals surface area contributed by atoms with E-state index in [0.717, 1.165) is 25.7 Å². The fourth-order valence-electron chi connectivity index (χ4n) is 4.35. The molecule has 1 N–H and O–H groups in total. The fourth-order valence-corrected chi connectivity index (χ4v) is 4.35. The first-order chi connectivity index (χ1) is 11.1. The van der Waals surface area contributed by atoms with Crippen LogP contribution in [0.2, 0.25) is 0 Å². The van der Waals surface area contributed by atoms with Crippen LogP contribution in [0.25, 0.3) is 0 Å². The fraction of sp³-hybridized carbons (Fsp3) is 0.682. The molecule has 0 aromatic rings. The van der Waals surface area contributed by atoms with Crippen molar-refractivity contribution in [2.75, 3.05) is 0 Å². The molecular weight excluding hydrogens is 296 g/mol. The largest absolute Gasteiger partial charge is 0.382 e. The second-order valence-corrected chi connectivity index (χ2v) is 9.26. The van der Waals surface area contributed by atoms with E-state index in [-0.39, 0.29) is 16.6 Å². The maximum absolute atomic E-state index is 13.1. The number of aliphatic hydroxyl groups is 1. The minimum atomic E-state index is -1.20. The number of ketones is 1. The number of carbonyl (C=O) groups excluding carboxylic acids is 1. The maximum Gasteiger partial charge on any atom is 0.194 e. The predicted molar refractivity (Wildman–Crippen MR) is 101 cm³/mol. The van der Waals surface area contributed by atoms with Gasteiger partial charge in [0, 0.05) is 11.0 Å². The Kier molecular flexibility index (Phi) is 5.59. The van der Waals surface area contributed by atoms with Gasteiger partial charge in [0.05, 0.1) is 0 Å². The summed E-state index contributed by atoms with van der Waals surface area (Å²) in [5.41, 5.74) is -0.472. The summed E-state index contributed by atoms with van der Waals surface area (Å²) in [6, 6.07) is 0. The smallest absolute Gasteiger partial charge is 0.194 e. The Morgan fingerprint density at radius 3 is 2.50 bits per heavy atom. The van der Waals surface area contributed by atoms with E-state index in [1.165, 1.54) is 0 Å². The molecule has 2 unspecified atom stereocenters. The molecule has 0 spiro atoms. The van der Waals surface area contributed by atoms with Crippen molar-refractivity contribution < 1.29 is 9.90 Å². The molecular formula is C22H34O2. The Bertz CT molecular complexity index is 565. The van der Waals surface area contributed by atoms with Crippen molar-refractivity contribution in [3.63, 3.8) is 0 Å². The lowest BCUT2D eigenvalue weighted by atomic mass is 9.75. The van der Waals surface area contributed by atoms with Crippen LogP contribution in [-0.2, 0) is 4.79 Å². The van der Waals surface area contributed by atoms with Gasteiger partial charge in [0.1, 0.15) is 5.60 Å². The van der Waals surface area contributed by atoms with Gasteiger partial charge in [0.2, 0.25) is 0 Å². The van der Waals surface area contributed by atoms with Crippen LogP contribution in [0.15, 0.2) is 36.0 Å². The Balaban J connectivity index is 2.19. The molecule has 0 aromatic carbocycles. The summed E-state index contributed by atoms with van der Waals surface area (Å²) in [6.07, 6.45) is 15.1. The lowest BCUT2D eigenvalue weighted by molar-refractivity contribution is -0.134. The number of rotatable bonds is 4. The topological polar surface area (TPSA) is 37.3 Å². The molecule has 0 aromatic heterocycles. The summed E-state index contributed by atoms with van der Waals surface area (Å²) in [4.78, 5) is 13.1. The molecule has 1 fully saturated rings. The van der Waals surface area contributed by atoms with Gasteiger partial charge in [-0.05, 0) is 49.9 Å². The molecule has 2 atom stereocenters. The van der Waals surface area contributed by atoms with Crippen LogP contribution in [0.5, 0.6) is 0 Å². The van der Waals surface area contributed by atoms with Gasteiger partial charge in [-0.3, -0.25) is 4.79 Å². The third-order valence-electron chi connectivity index (χ3n) is 5.54. The first kappa shape index (κ1) is 19.2. The van der Waals surface area contributed by atoms with E-state index in [1.807, 2.05) is 24.3 Å².